The van der Waals surface area contributed by atoms with Crippen LogP contribution in [0.2, 0.25) is 0 Å². The van der Waals surface area contributed by atoms with Gasteiger partial charge in [-0.15, -0.1) is 0 Å². The lowest BCUT2D eigenvalue weighted by atomic mass is 9.92. The molecule has 0 atom stereocenters. The molecule has 0 aliphatic rings. The molecule has 0 saturated carbocycles. The van der Waals surface area contributed by atoms with Crippen molar-refractivity contribution < 1.29 is 4.39 Å². The van der Waals surface area contributed by atoms with Gasteiger partial charge in [0.1, 0.15) is 11.6 Å². The number of aromatic nitrogens is 2. The number of hydrogen-bond donors (Lipinski definition) is 1. The minimum Gasteiger partial charge on any atom is -0.307 e. The van der Waals surface area contributed by atoms with E-state index in [4.69, 9.17) is 0 Å². The summed E-state index contributed by atoms with van der Waals surface area (Å²) < 4.78 is 13.3. The van der Waals surface area contributed by atoms with E-state index in [1.165, 1.54) is 18.2 Å². The maximum Gasteiger partial charge on any atom is 0.251 e. The number of nitrogens with one attached hydrogen (secondary N) is 1. The molecule has 100 valence electrons. The topological polar surface area (TPSA) is 45.8 Å². The Hall–Kier alpha value is -1.97. The lowest BCUT2D eigenvalue weighted by Gasteiger charge is -2.18. The van der Waals surface area contributed by atoms with E-state index < -0.39 is 0 Å². The predicted molar refractivity (Wildman–Crippen MR) is 73.7 cm³/mol. The van der Waals surface area contributed by atoms with Crippen molar-refractivity contribution in [2.45, 2.75) is 33.1 Å². The standard InChI is InChI=1S/C15H17FN2O/c1-9-5-6-10(16)7-11(9)14-17-12(15(2,3)4)8-13(19)18-14/h5-8H,1-4H3,(H,17,18,19). The fraction of sp³-hybridized carbons (Fsp3) is 0.333. The summed E-state index contributed by atoms with van der Waals surface area (Å²) in [4.78, 5) is 18.9. The first kappa shape index (κ1) is 13.5. The second-order valence-electron chi connectivity index (χ2n) is 5.69. The molecule has 4 heteroatoms. The Balaban J connectivity index is 2.66. The number of benzene rings is 1. The van der Waals surface area contributed by atoms with Gasteiger partial charge in [-0.25, -0.2) is 9.37 Å². The van der Waals surface area contributed by atoms with Crippen LogP contribution in [0.1, 0.15) is 32.0 Å². The molecule has 0 spiro atoms. The van der Waals surface area contributed by atoms with Gasteiger partial charge in [0.05, 0.1) is 5.69 Å². The number of halogens is 1. The number of hydrogen-bond acceptors (Lipinski definition) is 2. The minimum absolute atomic E-state index is 0.224. The molecule has 0 aliphatic heterocycles. The van der Waals surface area contributed by atoms with E-state index in [1.807, 2.05) is 27.7 Å². The summed E-state index contributed by atoms with van der Waals surface area (Å²) in [6.07, 6.45) is 0. The Morgan fingerprint density at radius 2 is 1.89 bits per heavy atom. The third-order valence-electron chi connectivity index (χ3n) is 2.96. The van der Waals surface area contributed by atoms with Crippen molar-refractivity contribution in [1.29, 1.82) is 0 Å². The summed E-state index contributed by atoms with van der Waals surface area (Å²) in [5, 5.41) is 0. The van der Waals surface area contributed by atoms with Gasteiger partial charge in [0.2, 0.25) is 0 Å². The molecule has 2 rings (SSSR count). The fourth-order valence-electron chi connectivity index (χ4n) is 1.82. The molecule has 1 N–H and O–H groups in total. The molecule has 19 heavy (non-hydrogen) atoms. The van der Waals surface area contributed by atoms with Gasteiger partial charge in [-0.05, 0) is 24.6 Å². The molecule has 0 radical (unpaired) electrons. The van der Waals surface area contributed by atoms with E-state index in [2.05, 4.69) is 9.97 Å². The molecule has 0 amide bonds. The first-order chi connectivity index (χ1) is 8.77. The number of aromatic amines is 1. The third kappa shape index (κ3) is 2.89. The summed E-state index contributed by atoms with van der Waals surface area (Å²) >= 11 is 0. The zero-order valence-corrected chi connectivity index (χ0v) is 11.5. The minimum atomic E-state index is -0.343. The van der Waals surface area contributed by atoms with Gasteiger partial charge < -0.3 is 4.98 Å². The van der Waals surface area contributed by atoms with E-state index >= 15 is 0 Å². The Labute approximate surface area is 111 Å². The smallest absolute Gasteiger partial charge is 0.251 e. The number of aryl methyl sites for hydroxylation is 1. The van der Waals surface area contributed by atoms with E-state index in [9.17, 15) is 9.18 Å². The first-order valence-electron chi connectivity index (χ1n) is 6.16. The van der Waals surface area contributed by atoms with Gasteiger partial charge in [-0.1, -0.05) is 26.8 Å². The molecule has 1 aromatic heterocycles. The molecule has 1 aromatic carbocycles. The summed E-state index contributed by atoms with van der Waals surface area (Å²) in [6.45, 7) is 7.81. The highest BCUT2D eigenvalue weighted by Crippen LogP contribution is 2.23. The highest BCUT2D eigenvalue weighted by Gasteiger charge is 2.18. The van der Waals surface area contributed by atoms with Crippen LogP contribution in [0, 0.1) is 12.7 Å². The van der Waals surface area contributed by atoms with Crippen molar-refractivity contribution in [2.75, 3.05) is 0 Å². The number of nitrogens with zero attached hydrogens (tertiary/aromatic N) is 1. The number of H-pyrrole nitrogens is 1. The van der Waals surface area contributed by atoms with Crippen molar-refractivity contribution in [3.8, 4) is 11.4 Å². The molecule has 0 unspecified atom stereocenters. The van der Waals surface area contributed by atoms with Crippen LogP contribution < -0.4 is 5.56 Å². The first-order valence-corrected chi connectivity index (χ1v) is 6.16. The van der Waals surface area contributed by atoms with Gasteiger partial charge in [-0.2, -0.15) is 0 Å². The van der Waals surface area contributed by atoms with Gasteiger partial charge in [-0.3, -0.25) is 4.79 Å². The lowest BCUT2D eigenvalue weighted by Crippen LogP contribution is -2.20. The van der Waals surface area contributed by atoms with E-state index in [-0.39, 0.29) is 16.8 Å². The third-order valence-corrected chi connectivity index (χ3v) is 2.96. The molecule has 0 bridgehead atoms. The van der Waals surface area contributed by atoms with E-state index in [0.717, 1.165) is 5.56 Å². The monoisotopic (exact) mass is 260 g/mol. The van der Waals surface area contributed by atoms with E-state index in [1.54, 1.807) is 6.07 Å². The molecule has 0 fully saturated rings. The predicted octanol–water partition coefficient (Wildman–Crippen LogP) is 3.18. The van der Waals surface area contributed by atoms with Crippen LogP contribution in [-0.4, -0.2) is 9.97 Å². The van der Waals surface area contributed by atoms with Crippen molar-refractivity contribution in [3.63, 3.8) is 0 Å². The zero-order chi connectivity index (χ0) is 14.2. The van der Waals surface area contributed by atoms with Crippen LogP contribution in [0.15, 0.2) is 29.1 Å². The Morgan fingerprint density at radius 1 is 1.21 bits per heavy atom. The lowest BCUT2D eigenvalue weighted by molar-refractivity contribution is 0.566. The van der Waals surface area contributed by atoms with Crippen LogP contribution in [0.5, 0.6) is 0 Å². The van der Waals surface area contributed by atoms with Crippen LogP contribution in [0.3, 0.4) is 0 Å². The SMILES string of the molecule is Cc1ccc(F)cc1-c1nc(C(C)(C)C)cc(=O)[nH]1. The average molecular weight is 260 g/mol. The highest BCUT2D eigenvalue weighted by molar-refractivity contribution is 5.59. The number of rotatable bonds is 1. The highest BCUT2D eigenvalue weighted by atomic mass is 19.1. The summed E-state index contributed by atoms with van der Waals surface area (Å²) in [6, 6.07) is 5.94. The van der Waals surface area contributed by atoms with Crippen LogP contribution >= 0.6 is 0 Å². The van der Waals surface area contributed by atoms with Gasteiger partial charge in [0.15, 0.2) is 0 Å². The average Bonchev–Trinajstić information content (AvgIpc) is 2.30. The van der Waals surface area contributed by atoms with E-state index in [0.29, 0.717) is 17.1 Å². The van der Waals surface area contributed by atoms with Crippen molar-refractivity contribution in [3.05, 3.63) is 51.7 Å². The molecule has 0 saturated heterocycles. The van der Waals surface area contributed by atoms with Gasteiger partial charge >= 0.3 is 0 Å². The normalized spacial score (nSPS) is 11.6. The maximum atomic E-state index is 13.3. The second kappa shape index (κ2) is 4.61. The molecule has 0 aliphatic carbocycles. The fourth-order valence-corrected chi connectivity index (χ4v) is 1.82. The summed E-state index contributed by atoms with van der Waals surface area (Å²) in [5.41, 5.74) is 1.72. The molecular formula is C15H17FN2O. The second-order valence-corrected chi connectivity index (χ2v) is 5.69. The molecule has 3 nitrogen and oxygen atoms in total. The Kier molecular flexibility index (Phi) is 3.27. The van der Waals surface area contributed by atoms with Crippen LogP contribution in [-0.2, 0) is 5.41 Å². The zero-order valence-electron chi connectivity index (χ0n) is 11.5. The molecule has 1 heterocycles. The Bertz CT molecular complexity index is 669. The van der Waals surface area contributed by atoms with Crippen LogP contribution in [0.25, 0.3) is 11.4 Å². The van der Waals surface area contributed by atoms with Gasteiger partial charge in [0.25, 0.3) is 5.56 Å². The van der Waals surface area contributed by atoms with Gasteiger partial charge in [0, 0.05) is 17.0 Å². The molecular weight excluding hydrogens is 243 g/mol. The Morgan fingerprint density at radius 3 is 2.53 bits per heavy atom. The summed E-state index contributed by atoms with van der Waals surface area (Å²) in [5.74, 6) is 0.0684. The van der Waals surface area contributed by atoms with Crippen molar-refractivity contribution in [1.82, 2.24) is 9.97 Å². The van der Waals surface area contributed by atoms with Crippen LogP contribution in [0.4, 0.5) is 4.39 Å². The molecule has 2 aromatic rings. The largest absolute Gasteiger partial charge is 0.307 e. The summed E-state index contributed by atoms with van der Waals surface area (Å²) in [7, 11) is 0. The van der Waals surface area contributed by atoms with Crippen molar-refractivity contribution in [2.24, 2.45) is 0 Å². The quantitative estimate of drug-likeness (QED) is 0.856. The van der Waals surface area contributed by atoms with Crippen molar-refractivity contribution >= 4 is 0 Å². The maximum absolute atomic E-state index is 13.3.